The van der Waals surface area contributed by atoms with E-state index in [0.717, 1.165) is 17.2 Å². The Balaban J connectivity index is 1.29. The minimum atomic E-state index is -0.555. The molecule has 0 amide bonds. The second-order valence-electron chi connectivity index (χ2n) is 8.35. The van der Waals surface area contributed by atoms with Gasteiger partial charge in [0.1, 0.15) is 11.5 Å². The van der Waals surface area contributed by atoms with Crippen LogP contribution in [0.2, 0.25) is 0 Å². The Hall–Kier alpha value is -5.37. The molecule has 8 heteroatoms. The Morgan fingerprint density at radius 1 is 0.667 bits per heavy atom. The van der Waals surface area contributed by atoms with Crippen molar-refractivity contribution in [3.63, 3.8) is 0 Å². The van der Waals surface area contributed by atoms with Gasteiger partial charge in [0.15, 0.2) is 11.5 Å². The lowest BCUT2D eigenvalue weighted by molar-refractivity contribution is -0.128. The Morgan fingerprint density at radius 3 is 1.82 bits per heavy atom. The smallest absolute Gasteiger partial charge is 0.343 e. The van der Waals surface area contributed by atoms with Gasteiger partial charge in [0.25, 0.3) is 0 Å². The lowest BCUT2D eigenvalue weighted by atomic mass is 10.0. The molecule has 4 rings (SSSR count). The summed E-state index contributed by atoms with van der Waals surface area (Å²) in [6, 6.07) is 24.2. The zero-order chi connectivity index (χ0) is 27.8. The van der Waals surface area contributed by atoms with Crippen LogP contribution in [-0.4, -0.2) is 34.7 Å². The maximum Gasteiger partial charge on any atom is 0.343 e. The van der Waals surface area contributed by atoms with E-state index in [9.17, 15) is 24.6 Å². The van der Waals surface area contributed by atoms with Crippen LogP contribution in [0.1, 0.15) is 26.3 Å². The summed E-state index contributed by atoms with van der Waals surface area (Å²) in [6.07, 6.45) is 1.45. The van der Waals surface area contributed by atoms with E-state index in [2.05, 4.69) is 6.58 Å². The zero-order valence-electron chi connectivity index (χ0n) is 20.7. The number of rotatable bonds is 9. The summed E-state index contributed by atoms with van der Waals surface area (Å²) in [5, 5.41) is 18.9. The first-order chi connectivity index (χ1) is 18.8. The molecule has 39 heavy (non-hydrogen) atoms. The van der Waals surface area contributed by atoms with Crippen LogP contribution in [0.25, 0.3) is 11.1 Å². The molecule has 0 bridgehead atoms. The first-order valence-corrected chi connectivity index (χ1v) is 11.9. The number of esters is 3. The summed E-state index contributed by atoms with van der Waals surface area (Å²) >= 11 is 0. The fourth-order valence-electron chi connectivity index (χ4n) is 3.57. The number of phenols is 2. The number of benzene rings is 4. The molecule has 0 aliphatic heterocycles. The van der Waals surface area contributed by atoms with Crippen LogP contribution in [0, 0.1) is 0 Å². The minimum Gasteiger partial charge on any atom is -0.504 e. The standard InChI is InChI=1S/C31H24O8/c1-2-29(34)38-25-12-8-22(9-13-25)21-4-6-24(7-5-21)31(36)39-26-14-10-23(11-15-26)30(35)37-18-17-20-3-16-27(32)28(33)19-20/h2-16,19,32-33H,1,17-18H2. The summed E-state index contributed by atoms with van der Waals surface area (Å²) in [5.74, 6) is -1.42. The van der Waals surface area contributed by atoms with Gasteiger partial charge in [-0.2, -0.15) is 0 Å². The van der Waals surface area contributed by atoms with Gasteiger partial charge < -0.3 is 24.4 Å². The highest BCUT2D eigenvalue weighted by Crippen LogP contribution is 2.26. The van der Waals surface area contributed by atoms with Crippen LogP contribution >= 0.6 is 0 Å². The van der Waals surface area contributed by atoms with Gasteiger partial charge >= 0.3 is 17.9 Å². The van der Waals surface area contributed by atoms with Gasteiger partial charge in [-0.05, 0) is 77.4 Å². The first kappa shape index (κ1) is 26.7. The van der Waals surface area contributed by atoms with Crippen molar-refractivity contribution in [1.29, 1.82) is 0 Å². The van der Waals surface area contributed by atoms with Gasteiger partial charge in [0.05, 0.1) is 17.7 Å². The molecule has 0 aliphatic carbocycles. The third-order valence-corrected chi connectivity index (χ3v) is 5.66. The second kappa shape index (κ2) is 12.2. The van der Waals surface area contributed by atoms with Gasteiger partial charge in [-0.25, -0.2) is 14.4 Å². The van der Waals surface area contributed by atoms with E-state index in [4.69, 9.17) is 14.2 Å². The number of carbonyl (C=O) groups excluding carboxylic acids is 3. The van der Waals surface area contributed by atoms with Gasteiger partial charge in [-0.1, -0.05) is 36.9 Å². The summed E-state index contributed by atoms with van der Waals surface area (Å²) in [5.41, 5.74) is 3.07. The fraction of sp³-hybridized carbons (Fsp3) is 0.0645. The summed E-state index contributed by atoms with van der Waals surface area (Å²) < 4.78 is 15.7. The van der Waals surface area contributed by atoms with Gasteiger partial charge in [-0.15, -0.1) is 0 Å². The number of ether oxygens (including phenoxy) is 3. The van der Waals surface area contributed by atoms with Crippen molar-refractivity contribution in [2.75, 3.05) is 6.61 Å². The van der Waals surface area contributed by atoms with E-state index in [-0.39, 0.29) is 29.4 Å². The minimum absolute atomic E-state index is 0.0860. The predicted octanol–water partition coefficient (Wildman–Crippen LogP) is 5.47. The second-order valence-corrected chi connectivity index (χ2v) is 8.35. The number of hydrogen-bond acceptors (Lipinski definition) is 8. The molecule has 0 saturated heterocycles. The summed E-state index contributed by atoms with van der Waals surface area (Å²) in [4.78, 5) is 36.2. The average Bonchev–Trinajstić information content (AvgIpc) is 2.95. The quantitative estimate of drug-likeness (QED) is 0.128. The van der Waals surface area contributed by atoms with Crippen molar-refractivity contribution in [1.82, 2.24) is 0 Å². The van der Waals surface area contributed by atoms with Crippen LogP contribution < -0.4 is 9.47 Å². The highest BCUT2D eigenvalue weighted by atomic mass is 16.5. The number of carbonyl (C=O) groups is 3. The summed E-state index contributed by atoms with van der Waals surface area (Å²) in [6.45, 7) is 3.45. The van der Waals surface area contributed by atoms with Crippen LogP contribution in [0.4, 0.5) is 0 Å². The molecule has 0 atom stereocenters. The molecule has 0 heterocycles. The third kappa shape index (κ3) is 7.11. The molecule has 0 spiro atoms. The number of phenolic OH excluding ortho intramolecular Hbond substituents is 2. The lowest BCUT2D eigenvalue weighted by Crippen LogP contribution is -2.10. The Bertz CT molecular complexity index is 1490. The molecule has 4 aromatic carbocycles. The van der Waals surface area contributed by atoms with Crippen molar-refractivity contribution >= 4 is 17.9 Å². The van der Waals surface area contributed by atoms with Crippen molar-refractivity contribution in [2.24, 2.45) is 0 Å². The predicted molar refractivity (Wildman–Crippen MR) is 143 cm³/mol. The third-order valence-electron chi connectivity index (χ3n) is 5.66. The molecular weight excluding hydrogens is 500 g/mol. The van der Waals surface area contributed by atoms with Crippen LogP contribution in [-0.2, 0) is 16.0 Å². The highest BCUT2D eigenvalue weighted by molar-refractivity contribution is 5.92. The lowest BCUT2D eigenvalue weighted by Gasteiger charge is -2.08. The van der Waals surface area contributed by atoms with E-state index in [1.165, 1.54) is 36.4 Å². The van der Waals surface area contributed by atoms with E-state index < -0.39 is 17.9 Å². The van der Waals surface area contributed by atoms with Gasteiger partial charge in [-0.3, -0.25) is 0 Å². The first-order valence-electron chi connectivity index (χ1n) is 11.9. The highest BCUT2D eigenvalue weighted by Gasteiger charge is 2.12. The van der Waals surface area contributed by atoms with Gasteiger partial charge in [0, 0.05) is 12.5 Å². The fourth-order valence-corrected chi connectivity index (χ4v) is 3.57. The maximum absolute atomic E-state index is 12.6. The molecule has 8 nitrogen and oxygen atoms in total. The SMILES string of the molecule is C=CC(=O)Oc1ccc(-c2ccc(C(=O)Oc3ccc(C(=O)OCCc4ccc(O)c(O)c4)cc3)cc2)cc1. The monoisotopic (exact) mass is 524 g/mol. The molecule has 0 saturated carbocycles. The number of aromatic hydroxyl groups is 2. The molecule has 2 N–H and O–H groups in total. The van der Waals surface area contributed by atoms with E-state index in [1.54, 1.807) is 54.6 Å². The molecule has 0 aromatic heterocycles. The largest absolute Gasteiger partial charge is 0.504 e. The Kier molecular flexibility index (Phi) is 8.38. The van der Waals surface area contributed by atoms with Crippen LogP contribution in [0.3, 0.4) is 0 Å². The molecular formula is C31H24O8. The normalized spacial score (nSPS) is 10.4. The molecule has 0 radical (unpaired) electrons. The Labute approximate surface area is 224 Å². The van der Waals surface area contributed by atoms with Crippen molar-refractivity contribution < 1.29 is 38.8 Å². The van der Waals surface area contributed by atoms with Gasteiger partial charge in [0.2, 0.25) is 0 Å². The molecule has 0 aliphatic rings. The van der Waals surface area contributed by atoms with E-state index in [1.807, 2.05) is 0 Å². The maximum atomic E-state index is 12.6. The topological polar surface area (TPSA) is 119 Å². The van der Waals surface area contributed by atoms with E-state index >= 15 is 0 Å². The Morgan fingerprint density at radius 2 is 1.21 bits per heavy atom. The zero-order valence-corrected chi connectivity index (χ0v) is 20.7. The molecule has 4 aromatic rings. The van der Waals surface area contributed by atoms with Crippen molar-refractivity contribution in [2.45, 2.75) is 6.42 Å². The van der Waals surface area contributed by atoms with Crippen molar-refractivity contribution in [3.05, 3.63) is 120 Å². The average molecular weight is 525 g/mol. The molecule has 0 unspecified atom stereocenters. The molecule has 196 valence electrons. The number of hydrogen-bond donors (Lipinski definition) is 2. The van der Waals surface area contributed by atoms with Crippen molar-refractivity contribution in [3.8, 4) is 34.1 Å². The molecule has 0 fully saturated rings. The van der Waals surface area contributed by atoms with Crippen LogP contribution in [0.15, 0.2) is 104 Å². The van der Waals surface area contributed by atoms with Crippen LogP contribution in [0.5, 0.6) is 23.0 Å². The summed E-state index contributed by atoms with van der Waals surface area (Å²) in [7, 11) is 0. The van der Waals surface area contributed by atoms with E-state index in [0.29, 0.717) is 23.3 Å².